The fourth-order valence-electron chi connectivity index (χ4n) is 1.37. The van der Waals surface area contributed by atoms with E-state index in [0.717, 1.165) is 13.1 Å². The third-order valence-corrected chi connectivity index (χ3v) is 2.47. The van der Waals surface area contributed by atoms with Gasteiger partial charge in [0.15, 0.2) is 0 Å². The van der Waals surface area contributed by atoms with Crippen molar-refractivity contribution in [3.8, 4) is 0 Å². The maximum Gasteiger partial charge on any atom is 0.0946 e. The van der Waals surface area contributed by atoms with Crippen molar-refractivity contribution < 1.29 is 0 Å². The topological polar surface area (TPSA) is 43.8 Å². The predicted octanol–water partition coefficient (Wildman–Crippen LogP) is 0.622. The van der Waals surface area contributed by atoms with Crippen LogP contribution >= 0.6 is 0 Å². The molecule has 0 spiro atoms. The van der Waals surface area contributed by atoms with Gasteiger partial charge >= 0.3 is 0 Å². The van der Waals surface area contributed by atoms with Crippen LogP contribution in [-0.2, 0) is 6.54 Å². The third-order valence-electron chi connectivity index (χ3n) is 2.47. The minimum Gasteiger partial charge on any atom is -0.337 e. The lowest BCUT2D eigenvalue weighted by Crippen LogP contribution is -2.20. The lowest BCUT2D eigenvalue weighted by molar-refractivity contribution is 0.433. The largest absolute Gasteiger partial charge is 0.337 e. The maximum atomic E-state index is 5.65. The number of aromatic nitrogens is 2. The van der Waals surface area contributed by atoms with E-state index < -0.39 is 0 Å². The fraction of sp³-hybridized carbons (Fsp3) is 0.625. The Morgan fingerprint density at radius 3 is 2.82 bits per heavy atom. The van der Waals surface area contributed by atoms with Gasteiger partial charge in [-0.3, -0.25) is 0 Å². The number of rotatable bonds is 3. The van der Waals surface area contributed by atoms with E-state index in [0.29, 0.717) is 5.41 Å². The van der Waals surface area contributed by atoms with E-state index in [-0.39, 0.29) is 0 Å². The Labute approximate surface area is 66.2 Å². The van der Waals surface area contributed by atoms with Crippen molar-refractivity contribution in [1.82, 2.24) is 9.55 Å². The SMILES string of the molecule is NCC1(Cn2ccnc2)CC1. The number of hydrogen-bond acceptors (Lipinski definition) is 2. The molecule has 1 saturated carbocycles. The molecule has 0 amide bonds. The molecule has 0 saturated heterocycles. The van der Waals surface area contributed by atoms with E-state index in [2.05, 4.69) is 9.55 Å². The molecule has 0 aliphatic heterocycles. The smallest absolute Gasteiger partial charge is 0.0946 e. The summed E-state index contributed by atoms with van der Waals surface area (Å²) in [6, 6.07) is 0. The van der Waals surface area contributed by atoms with E-state index in [9.17, 15) is 0 Å². The molecule has 1 aliphatic carbocycles. The van der Waals surface area contributed by atoms with Gasteiger partial charge in [0, 0.05) is 24.4 Å². The van der Waals surface area contributed by atoms with Crippen LogP contribution in [0.4, 0.5) is 0 Å². The molecule has 3 heteroatoms. The van der Waals surface area contributed by atoms with Crippen molar-refractivity contribution in [3.63, 3.8) is 0 Å². The second-order valence-electron chi connectivity index (χ2n) is 3.44. The number of imidazole rings is 1. The summed E-state index contributed by atoms with van der Waals surface area (Å²) in [6.07, 6.45) is 8.22. The molecule has 0 aromatic carbocycles. The Hall–Kier alpha value is -0.830. The van der Waals surface area contributed by atoms with E-state index in [1.165, 1.54) is 12.8 Å². The van der Waals surface area contributed by atoms with Gasteiger partial charge in [-0.15, -0.1) is 0 Å². The molecule has 1 aromatic rings. The van der Waals surface area contributed by atoms with Crippen molar-refractivity contribution in [2.45, 2.75) is 19.4 Å². The highest BCUT2D eigenvalue weighted by Crippen LogP contribution is 2.45. The standard InChI is InChI=1S/C8H13N3/c9-5-8(1-2-8)6-11-4-3-10-7-11/h3-4,7H,1-2,5-6,9H2. The molecule has 0 radical (unpaired) electrons. The van der Waals surface area contributed by atoms with Gasteiger partial charge in [0.2, 0.25) is 0 Å². The van der Waals surface area contributed by atoms with Crippen molar-refractivity contribution in [2.24, 2.45) is 11.1 Å². The third kappa shape index (κ3) is 1.28. The van der Waals surface area contributed by atoms with Gasteiger partial charge in [-0.25, -0.2) is 4.98 Å². The number of nitrogens with two attached hydrogens (primary N) is 1. The first-order valence-electron chi connectivity index (χ1n) is 4.00. The van der Waals surface area contributed by atoms with Gasteiger partial charge in [-0.1, -0.05) is 0 Å². The summed E-state index contributed by atoms with van der Waals surface area (Å²) in [6.45, 7) is 1.86. The summed E-state index contributed by atoms with van der Waals surface area (Å²) in [4.78, 5) is 3.99. The van der Waals surface area contributed by atoms with Crippen LogP contribution in [0.25, 0.3) is 0 Å². The molecule has 11 heavy (non-hydrogen) atoms. The van der Waals surface area contributed by atoms with Crippen molar-refractivity contribution in [2.75, 3.05) is 6.54 Å². The second kappa shape index (κ2) is 2.34. The molecule has 0 atom stereocenters. The van der Waals surface area contributed by atoms with Crippen molar-refractivity contribution in [3.05, 3.63) is 18.7 Å². The van der Waals surface area contributed by atoms with Crippen LogP contribution in [0.5, 0.6) is 0 Å². The lowest BCUT2D eigenvalue weighted by atomic mass is 10.1. The average Bonchev–Trinajstić information content (AvgIpc) is 2.59. The van der Waals surface area contributed by atoms with E-state index >= 15 is 0 Å². The van der Waals surface area contributed by atoms with Crippen LogP contribution in [-0.4, -0.2) is 16.1 Å². The maximum absolute atomic E-state index is 5.65. The molecule has 0 unspecified atom stereocenters. The molecule has 1 aliphatic rings. The zero-order valence-electron chi connectivity index (χ0n) is 6.53. The van der Waals surface area contributed by atoms with Crippen LogP contribution in [0.3, 0.4) is 0 Å². The minimum atomic E-state index is 0.417. The fourth-order valence-corrected chi connectivity index (χ4v) is 1.37. The average molecular weight is 151 g/mol. The van der Waals surface area contributed by atoms with Crippen LogP contribution < -0.4 is 5.73 Å². The lowest BCUT2D eigenvalue weighted by Gasteiger charge is -2.11. The first kappa shape index (κ1) is 6.85. The Morgan fingerprint density at radius 2 is 2.36 bits per heavy atom. The van der Waals surface area contributed by atoms with Gasteiger partial charge < -0.3 is 10.3 Å². The Morgan fingerprint density at radius 1 is 1.55 bits per heavy atom. The summed E-state index contributed by atoms with van der Waals surface area (Å²) in [5.41, 5.74) is 6.07. The normalized spacial score (nSPS) is 20.1. The molecule has 3 nitrogen and oxygen atoms in total. The molecule has 1 fully saturated rings. The highest BCUT2D eigenvalue weighted by molar-refractivity contribution is 4.95. The number of hydrogen-bond donors (Lipinski definition) is 1. The summed E-state index contributed by atoms with van der Waals surface area (Å²) in [5.74, 6) is 0. The van der Waals surface area contributed by atoms with E-state index in [1.54, 1.807) is 0 Å². The first-order valence-corrected chi connectivity index (χ1v) is 4.00. The summed E-state index contributed by atoms with van der Waals surface area (Å²) in [7, 11) is 0. The molecule has 2 N–H and O–H groups in total. The monoisotopic (exact) mass is 151 g/mol. The highest BCUT2D eigenvalue weighted by atomic mass is 15.0. The molecular formula is C8H13N3. The van der Waals surface area contributed by atoms with Gasteiger partial charge in [-0.05, 0) is 19.4 Å². The van der Waals surface area contributed by atoms with E-state index in [1.807, 2.05) is 18.7 Å². The van der Waals surface area contributed by atoms with Crippen LogP contribution in [0.2, 0.25) is 0 Å². The quantitative estimate of drug-likeness (QED) is 0.688. The molecule has 60 valence electrons. The zero-order valence-corrected chi connectivity index (χ0v) is 6.53. The predicted molar refractivity (Wildman–Crippen MR) is 42.9 cm³/mol. The first-order chi connectivity index (χ1) is 5.35. The Bertz CT molecular complexity index is 223. The zero-order chi connectivity index (χ0) is 7.73. The highest BCUT2D eigenvalue weighted by Gasteiger charge is 2.41. The minimum absolute atomic E-state index is 0.417. The molecule has 0 bridgehead atoms. The molecule has 1 aromatic heterocycles. The summed E-state index contributed by atoms with van der Waals surface area (Å²) < 4.78 is 2.11. The Kier molecular flexibility index (Phi) is 1.46. The van der Waals surface area contributed by atoms with Gasteiger partial charge in [0.05, 0.1) is 6.33 Å². The van der Waals surface area contributed by atoms with Crippen LogP contribution in [0.1, 0.15) is 12.8 Å². The van der Waals surface area contributed by atoms with Crippen molar-refractivity contribution >= 4 is 0 Å². The molecule has 1 heterocycles. The van der Waals surface area contributed by atoms with Crippen LogP contribution in [0.15, 0.2) is 18.7 Å². The Balaban J connectivity index is 2.01. The van der Waals surface area contributed by atoms with Gasteiger partial charge in [-0.2, -0.15) is 0 Å². The summed E-state index contributed by atoms with van der Waals surface area (Å²) in [5, 5.41) is 0. The van der Waals surface area contributed by atoms with Crippen molar-refractivity contribution in [1.29, 1.82) is 0 Å². The molecule has 2 rings (SSSR count). The number of nitrogens with zero attached hydrogens (tertiary/aromatic N) is 2. The van der Waals surface area contributed by atoms with Gasteiger partial charge in [0.25, 0.3) is 0 Å². The van der Waals surface area contributed by atoms with Crippen LogP contribution in [0, 0.1) is 5.41 Å². The van der Waals surface area contributed by atoms with E-state index in [4.69, 9.17) is 5.73 Å². The summed E-state index contributed by atoms with van der Waals surface area (Å²) >= 11 is 0. The van der Waals surface area contributed by atoms with Gasteiger partial charge in [0.1, 0.15) is 0 Å². The second-order valence-corrected chi connectivity index (χ2v) is 3.44. The molecular weight excluding hydrogens is 138 g/mol.